The molecule has 2 aromatic rings. The number of morpholine rings is 1. The fourth-order valence-electron chi connectivity index (χ4n) is 3.64. The van der Waals surface area contributed by atoms with E-state index in [4.69, 9.17) is 14.2 Å². The highest BCUT2D eigenvalue weighted by atomic mass is 79.9. The number of carbonyl (C=O) groups is 3. The smallest absolute Gasteiger partial charge is 0.294 e. The second-order valence-electron chi connectivity index (χ2n) is 7.80. The monoisotopic (exact) mass is 560 g/mol. The lowest BCUT2D eigenvalue weighted by Crippen LogP contribution is -2.46. The number of rotatable bonds is 8. The standard InChI is InChI=1S/C25H25BrN2O6S/c1-2-33-20-13-18(12-19(26)23(20)34-16-17-6-4-3-5-7-17)14-21-24(30)28(25(31)35-21)15-22(29)27-8-10-32-11-9-27/h3-7,12-14H,2,8-11,15-16H2,1H3/b21-14-. The van der Waals surface area contributed by atoms with Crippen molar-refractivity contribution in [3.8, 4) is 11.5 Å². The Balaban J connectivity index is 1.50. The highest BCUT2D eigenvalue weighted by Crippen LogP contribution is 2.39. The van der Waals surface area contributed by atoms with Crippen LogP contribution < -0.4 is 9.47 Å². The minimum atomic E-state index is -0.486. The van der Waals surface area contributed by atoms with Crippen LogP contribution in [0.3, 0.4) is 0 Å². The molecule has 184 valence electrons. The van der Waals surface area contributed by atoms with Crippen molar-refractivity contribution in [2.75, 3.05) is 39.5 Å². The molecule has 2 aliphatic rings. The quantitative estimate of drug-likeness (QED) is 0.444. The summed E-state index contributed by atoms with van der Waals surface area (Å²) in [4.78, 5) is 40.8. The molecule has 0 saturated carbocycles. The largest absolute Gasteiger partial charge is 0.490 e. The van der Waals surface area contributed by atoms with E-state index in [1.807, 2.05) is 37.3 Å². The zero-order valence-electron chi connectivity index (χ0n) is 19.2. The van der Waals surface area contributed by atoms with Crippen molar-refractivity contribution in [2.24, 2.45) is 0 Å². The summed E-state index contributed by atoms with van der Waals surface area (Å²) >= 11 is 4.36. The molecule has 0 bridgehead atoms. The Kier molecular flexibility index (Phi) is 8.48. The summed E-state index contributed by atoms with van der Waals surface area (Å²) in [6.45, 7) is 4.22. The van der Waals surface area contributed by atoms with Crippen LogP contribution in [0.5, 0.6) is 11.5 Å². The highest BCUT2D eigenvalue weighted by Gasteiger charge is 2.37. The van der Waals surface area contributed by atoms with Crippen LogP contribution in [0.15, 0.2) is 51.8 Å². The zero-order chi connectivity index (χ0) is 24.8. The van der Waals surface area contributed by atoms with Gasteiger partial charge >= 0.3 is 0 Å². The predicted octanol–water partition coefficient (Wildman–Crippen LogP) is 4.32. The van der Waals surface area contributed by atoms with Crippen LogP contribution in [-0.4, -0.2) is 66.3 Å². The lowest BCUT2D eigenvalue weighted by molar-refractivity contribution is -0.139. The van der Waals surface area contributed by atoms with E-state index in [2.05, 4.69) is 15.9 Å². The minimum Gasteiger partial charge on any atom is -0.490 e. The molecule has 0 aromatic heterocycles. The van der Waals surface area contributed by atoms with Gasteiger partial charge in [-0.1, -0.05) is 30.3 Å². The van der Waals surface area contributed by atoms with Crippen molar-refractivity contribution in [1.29, 1.82) is 0 Å². The Bertz CT molecular complexity index is 1130. The van der Waals surface area contributed by atoms with Crippen molar-refractivity contribution < 1.29 is 28.6 Å². The van der Waals surface area contributed by atoms with Crippen molar-refractivity contribution in [2.45, 2.75) is 13.5 Å². The van der Waals surface area contributed by atoms with E-state index in [-0.39, 0.29) is 17.4 Å². The SMILES string of the molecule is CCOc1cc(/C=C2\SC(=O)N(CC(=O)N3CCOCC3)C2=O)cc(Br)c1OCc1ccccc1. The summed E-state index contributed by atoms with van der Waals surface area (Å²) in [5.74, 6) is 0.320. The number of ether oxygens (including phenoxy) is 3. The van der Waals surface area contributed by atoms with Gasteiger partial charge in [0.15, 0.2) is 11.5 Å². The molecular weight excluding hydrogens is 536 g/mol. The maximum absolute atomic E-state index is 12.9. The summed E-state index contributed by atoms with van der Waals surface area (Å²) < 4.78 is 17.7. The molecule has 3 amide bonds. The van der Waals surface area contributed by atoms with E-state index in [1.54, 1.807) is 23.1 Å². The van der Waals surface area contributed by atoms with Crippen LogP contribution in [0.1, 0.15) is 18.1 Å². The van der Waals surface area contributed by atoms with Gasteiger partial charge in [-0.25, -0.2) is 0 Å². The van der Waals surface area contributed by atoms with Crippen LogP contribution in [0.2, 0.25) is 0 Å². The summed E-state index contributed by atoms with van der Waals surface area (Å²) in [6.07, 6.45) is 1.62. The molecule has 2 saturated heterocycles. The summed E-state index contributed by atoms with van der Waals surface area (Å²) in [6, 6.07) is 13.4. The maximum atomic E-state index is 12.9. The highest BCUT2D eigenvalue weighted by molar-refractivity contribution is 9.10. The lowest BCUT2D eigenvalue weighted by atomic mass is 10.1. The van der Waals surface area contributed by atoms with Gasteiger partial charge in [-0.05, 0) is 64.0 Å². The Hall–Kier alpha value is -2.82. The molecule has 0 spiro atoms. The van der Waals surface area contributed by atoms with Crippen LogP contribution in [0.25, 0.3) is 6.08 Å². The fourth-order valence-corrected chi connectivity index (χ4v) is 5.05. The van der Waals surface area contributed by atoms with E-state index in [0.29, 0.717) is 61.1 Å². The number of benzene rings is 2. The Morgan fingerprint density at radius 3 is 2.60 bits per heavy atom. The molecule has 35 heavy (non-hydrogen) atoms. The third-order valence-corrected chi connectivity index (χ3v) is 6.88. The second kappa shape index (κ2) is 11.7. The number of hydrogen-bond donors (Lipinski definition) is 0. The molecule has 0 N–H and O–H groups in total. The first kappa shape index (κ1) is 25.3. The number of hydrogen-bond acceptors (Lipinski definition) is 7. The summed E-state index contributed by atoms with van der Waals surface area (Å²) in [5.41, 5.74) is 1.68. The first-order valence-electron chi connectivity index (χ1n) is 11.2. The first-order valence-corrected chi connectivity index (χ1v) is 12.8. The van der Waals surface area contributed by atoms with Crippen LogP contribution >= 0.6 is 27.7 Å². The van der Waals surface area contributed by atoms with E-state index < -0.39 is 11.1 Å². The zero-order valence-corrected chi connectivity index (χ0v) is 21.6. The molecule has 0 atom stereocenters. The lowest BCUT2D eigenvalue weighted by Gasteiger charge is -2.28. The number of halogens is 1. The predicted molar refractivity (Wildman–Crippen MR) is 136 cm³/mol. The van der Waals surface area contributed by atoms with Crippen molar-refractivity contribution in [3.05, 3.63) is 63.0 Å². The third-order valence-electron chi connectivity index (χ3n) is 5.39. The molecular formula is C25H25BrN2O6S. The molecule has 0 aliphatic carbocycles. The topological polar surface area (TPSA) is 85.4 Å². The van der Waals surface area contributed by atoms with Gasteiger partial charge in [0.05, 0.1) is 29.2 Å². The molecule has 0 radical (unpaired) electrons. The van der Waals surface area contributed by atoms with Crippen molar-refractivity contribution >= 4 is 50.8 Å². The normalized spacial score (nSPS) is 17.3. The molecule has 2 fully saturated rings. The van der Waals surface area contributed by atoms with Gasteiger partial charge in [0.1, 0.15) is 13.2 Å². The Labute approximate surface area is 216 Å². The van der Waals surface area contributed by atoms with Crippen LogP contribution in [-0.2, 0) is 20.9 Å². The first-order chi connectivity index (χ1) is 17.0. The van der Waals surface area contributed by atoms with Gasteiger partial charge in [-0.3, -0.25) is 19.3 Å². The minimum absolute atomic E-state index is 0.247. The third kappa shape index (κ3) is 6.25. The van der Waals surface area contributed by atoms with Gasteiger partial charge in [-0.2, -0.15) is 0 Å². The van der Waals surface area contributed by atoms with Gasteiger partial charge in [0.25, 0.3) is 11.1 Å². The molecule has 4 rings (SSSR count). The van der Waals surface area contributed by atoms with E-state index in [1.165, 1.54) is 0 Å². The van der Waals surface area contributed by atoms with Crippen LogP contribution in [0, 0.1) is 0 Å². The molecule has 2 aromatic carbocycles. The number of thioether (sulfide) groups is 1. The molecule has 10 heteroatoms. The maximum Gasteiger partial charge on any atom is 0.294 e. The summed E-state index contributed by atoms with van der Waals surface area (Å²) in [5, 5.41) is -0.463. The van der Waals surface area contributed by atoms with Crippen molar-refractivity contribution in [1.82, 2.24) is 9.80 Å². The molecule has 2 heterocycles. The summed E-state index contributed by atoms with van der Waals surface area (Å²) in [7, 11) is 0. The number of carbonyl (C=O) groups excluding carboxylic acids is 3. The number of amides is 3. The van der Waals surface area contributed by atoms with Gasteiger partial charge in [0, 0.05) is 13.1 Å². The van der Waals surface area contributed by atoms with Gasteiger partial charge in [0.2, 0.25) is 5.91 Å². The number of nitrogens with zero attached hydrogens (tertiary/aromatic N) is 2. The van der Waals surface area contributed by atoms with Gasteiger partial charge in [-0.15, -0.1) is 0 Å². The molecule has 2 aliphatic heterocycles. The Morgan fingerprint density at radius 2 is 1.89 bits per heavy atom. The fraction of sp³-hybridized carbons (Fsp3) is 0.320. The van der Waals surface area contributed by atoms with E-state index in [9.17, 15) is 14.4 Å². The van der Waals surface area contributed by atoms with Crippen molar-refractivity contribution in [3.63, 3.8) is 0 Å². The van der Waals surface area contributed by atoms with E-state index >= 15 is 0 Å². The molecule has 0 unspecified atom stereocenters. The second-order valence-corrected chi connectivity index (χ2v) is 9.65. The number of imide groups is 1. The van der Waals surface area contributed by atoms with Crippen LogP contribution in [0.4, 0.5) is 4.79 Å². The average Bonchev–Trinajstić information content (AvgIpc) is 3.12. The van der Waals surface area contributed by atoms with Gasteiger partial charge < -0.3 is 19.1 Å². The van der Waals surface area contributed by atoms with E-state index in [0.717, 1.165) is 22.2 Å². The Morgan fingerprint density at radius 1 is 1.14 bits per heavy atom. The molecule has 8 nitrogen and oxygen atoms in total. The average molecular weight is 561 g/mol.